The van der Waals surface area contributed by atoms with Gasteiger partial charge in [0, 0.05) is 22.8 Å². The molecule has 1 N–H and O–H groups in total. The highest BCUT2D eigenvalue weighted by Crippen LogP contribution is 2.14. The number of benzene rings is 1. The summed E-state index contributed by atoms with van der Waals surface area (Å²) in [5.74, 6) is -0.113. The van der Waals surface area contributed by atoms with Crippen LogP contribution in [0.5, 0.6) is 0 Å². The van der Waals surface area contributed by atoms with Gasteiger partial charge in [-0.1, -0.05) is 22.0 Å². The molecule has 0 radical (unpaired) electrons. The van der Waals surface area contributed by atoms with Gasteiger partial charge in [-0.25, -0.2) is 12.8 Å². The normalized spacial score (nSPS) is 11.7. The van der Waals surface area contributed by atoms with Crippen LogP contribution >= 0.6 is 15.9 Å². The van der Waals surface area contributed by atoms with E-state index < -0.39 is 9.84 Å². The van der Waals surface area contributed by atoms with E-state index in [-0.39, 0.29) is 11.6 Å². The summed E-state index contributed by atoms with van der Waals surface area (Å²) in [5.41, 5.74) is 0.576. The predicted molar refractivity (Wildman–Crippen MR) is 70.1 cm³/mol. The molecular formula is C11H15BrFNO2S. The van der Waals surface area contributed by atoms with E-state index in [4.69, 9.17) is 0 Å². The molecule has 0 bridgehead atoms. The quantitative estimate of drug-likeness (QED) is 0.816. The molecule has 0 aliphatic carbocycles. The lowest BCUT2D eigenvalue weighted by Gasteiger charge is -2.06. The molecule has 96 valence electrons. The molecule has 1 aromatic carbocycles. The number of hydrogen-bond donors (Lipinski definition) is 1. The van der Waals surface area contributed by atoms with Crippen LogP contribution in [0.2, 0.25) is 0 Å². The molecule has 1 rings (SSSR count). The van der Waals surface area contributed by atoms with E-state index >= 15 is 0 Å². The van der Waals surface area contributed by atoms with Crippen LogP contribution in [-0.2, 0) is 16.4 Å². The van der Waals surface area contributed by atoms with Gasteiger partial charge in [-0.15, -0.1) is 0 Å². The van der Waals surface area contributed by atoms with Crippen LogP contribution in [0.1, 0.15) is 12.0 Å². The summed E-state index contributed by atoms with van der Waals surface area (Å²) in [6, 6.07) is 4.88. The van der Waals surface area contributed by atoms with Crippen LogP contribution in [0.3, 0.4) is 0 Å². The van der Waals surface area contributed by atoms with Gasteiger partial charge in [-0.3, -0.25) is 0 Å². The molecular weight excluding hydrogens is 309 g/mol. The fraction of sp³-hybridized carbons (Fsp3) is 0.455. The van der Waals surface area contributed by atoms with Crippen molar-refractivity contribution in [2.75, 3.05) is 18.6 Å². The van der Waals surface area contributed by atoms with Crippen molar-refractivity contribution in [2.45, 2.75) is 13.0 Å². The van der Waals surface area contributed by atoms with Crippen molar-refractivity contribution in [3.63, 3.8) is 0 Å². The van der Waals surface area contributed by atoms with E-state index in [9.17, 15) is 12.8 Å². The molecule has 3 nitrogen and oxygen atoms in total. The number of nitrogens with one attached hydrogen (secondary N) is 1. The zero-order valence-corrected chi connectivity index (χ0v) is 11.9. The summed E-state index contributed by atoms with van der Waals surface area (Å²) >= 11 is 3.18. The Morgan fingerprint density at radius 1 is 1.41 bits per heavy atom. The Morgan fingerprint density at radius 2 is 2.12 bits per heavy atom. The summed E-state index contributed by atoms with van der Waals surface area (Å²) in [4.78, 5) is 0. The van der Waals surface area contributed by atoms with E-state index in [2.05, 4.69) is 21.2 Å². The van der Waals surface area contributed by atoms with Crippen molar-refractivity contribution in [3.05, 3.63) is 34.1 Å². The Balaban J connectivity index is 2.32. The second kappa shape index (κ2) is 6.47. The van der Waals surface area contributed by atoms with Gasteiger partial charge in [0.05, 0.1) is 5.75 Å². The maximum absolute atomic E-state index is 13.4. The summed E-state index contributed by atoms with van der Waals surface area (Å²) < 4.78 is 35.8. The van der Waals surface area contributed by atoms with Gasteiger partial charge in [0.25, 0.3) is 0 Å². The predicted octanol–water partition coefficient (Wildman–Crippen LogP) is 2.11. The van der Waals surface area contributed by atoms with Crippen LogP contribution < -0.4 is 5.32 Å². The van der Waals surface area contributed by atoms with Crippen LogP contribution in [-0.4, -0.2) is 27.0 Å². The second-order valence-corrected chi connectivity index (χ2v) is 7.07. The lowest BCUT2D eigenvalue weighted by molar-refractivity contribution is 0.579. The first-order valence-corrected chi connectivity index (χ1v) is 8.06. The van der Waals surface area contributed by atoms with E-state index in [1.807, 2.05) is 0 Å². The van der Waals surface area contributed by atoms with E-state index in [0.717, 1.165) is 0 Å². The third kappa shape index (κ3) is 6.14. The zero-order valence-electron chi connectivity index (χ0n) is 9.54. The molecule has 0 amide bonds. The van der Waals surface area contributed by atoms with Crippen molar-refractivity contribution < 1.29 is 12.8 Å². The molecule has 0 unspecified atom stereocenters. The molecule has 0 spiro atoms. The molecule has 0 atom stereocenters. The Kier molecular flexibility index (Phi) is 5.55. The number of sulfone groups is 1. The second-order valence-electron chi connectivity index (χ2n) is 3.90. The van der Waals surface area contributed by atoms with Gasteiger partial charge in [0.1, 0.15) is 15.7 Å². The Bertz CT molecular complexity index is 476. The smallest absolute Gasteiger partial charge is 0.147 e. The Hall–Kier alpha value is -0.460. The summed E-state index contributed by atoms with van der Waals surface area (Å²) in [6.45, 7) is 0.964. The molecule has 0 saturated heterocycles. The largest absolute Gasteiger partial charge is 0.313 e. The monoisotopic (exact) mass is 323 g/mol. The van der Waals surface area contributed by atoms with Gasteiger partial charge < -0.3 is 5.32 Å². The number of halogens is 2. The highest BCUT2D eigenvalue weighted by atomic mass is 79.9. The van der Waals surface area contributed by atoms with Crippen molar-refractivity contribution in [1.82, 2.24) is 5.32 Å². The molecule has 6 heteroatoms. The first-order valence-electron chi connectivity index (χ1n) is 5.21. The molecule has 0 aromatic heterocycles. The van der Waals surface area contributed by atoms with Crippen molar-refractivity contribution in [3.8, 4) is 0 Å². The third-order valence-electron chi connectivity index (χ3n) is 2.20. The summed E-state index contributed by atoms with van der Waals surface area (Å²) in [6.07, 6.45) is 1.75. The molecule has 0 aliphatic rings. The van der Waals surface area contributed by atoms with Gasteiger partial charge >= 0.3 is 0 Å². The van der Waals surface area contributed by atoms with Crippen LogP contribution in [0.25, 0.3) is 0 Å². The van der Waals surface area contributed by atoms with Gasteiger partial charge in [0.2, 0.25) is 0 Å². The zero-order chi connectivity index (χ0) is 12.9. The molecule has 0 heterocycles. The van der Waals surface area contributed by atoms with Crippen LogP contribution in [0.15, 0.2) is 22.7 Å². The lowest BCUT2D eigenvalue weighted by Crippen LogP contribution is -2.18. The molecule has 0 aliphatic heterocycles. The Morgan fingerprint density at radius 3 is 2.71 bits per heavy atom. The van der Waals surface area contributed by atoms with Gasteiger partial charge in [-0.2, -0.15) is 0 Å². The summed E-state index contributed by atoms with van der Waals surface area (Å²) in [7, 11) is -2.90. The van der Waals surface area contributed by atoms with Crippen LogP contribution in [0, 0.1) is 5.82 Å². The van der Waals surface area contributed by atoms with E-state index in [1.54, 1.807) is 12.1 Å². The number of rotatable bonds is 6. The highest BCUT2D eigenvalue weighted by Gasteiger charge is 2.03. The Labute approximate surface area is 109 Å². The van der Waals surface area contributed by atoms with Gasteiger partial charge in [0.15, 0.2) is 0 Å². The third-order valence-corrected chi connectivity index (χ3v) is 3.72. The fourth-order valence-corrected chi connectivity index (χ4v) is 2.35. The minimum atomic E-state index is -2.90. The van der Waals surface area contributed by atoms with E-state index in [1.165, 1.54) is 12.3 Å². The molecule has 0 fully saturated rings. The molecule has 0 saturated carbocycles. The maximum Gasteiger partial charge on any atom is 0.147 e. The standard InChI is InChI=1S/C11H15BrFNO2S/c1-17(15,16)6-2-5-14-8-9-3-4-10(12)7-11(9)13/h3-4,7,14H,2,5-6,8H2,1H3. The van der Waals surface area contributed by atoms with Gasteiger partial charge in [-0.05, 0) is 25.1 Å². The average molecular weight is 324 g/mol. The first-order chi connectivity index (χ1) is 7.88. The molecule has 17 heavy (non-hydrogen) atoms. The fourth-order valence-electron chi connectivity index (χ4n) is 1.35. The van der Waals surface area contributed by atoms with Crippen molar-refractivity contribution in [1.29, 1.82) is 0 Å². The minimum Gasteiger partial charge on any atom is -0.313 e. The van der Waals surface area contributed by atoms with Crippen molar-refractivity contribution >= 4 is 25.8 Å². The lowest BCUT2D eigenvalue weighted by atomic mass is 10.2. The maximum atomic E-state index is 13.4. The average Bonchev–Trinajstić information content (AvgIpc) is 2.18. The van der Waals surface area contributed by atoms with Crippen LogP contribution in [0.4, 0.5) is 4.39 Å². The number of hydrogen-bond acceptors (Lipinski definition) is 3. The van der Waals surface area contributed by atoms with E-state index in [0.29, 0.717) is 29.5 Å². The topological polar surface area (TPSA) is 46.2 Å². The minimum absolute atomic E-state index is 0.156. The van der Waals surface area contributed by atoms with Crippen molar-refractivity contribution in [2.24, 2.45) is 0 Å². The molecule has 1 aromatic rings. The summed E-state index contributed by atoms with van der Waals surface area (Å²) in [5, 5.41) is 3.01. The first kappa shape index (κ1) is 14.6. The highest BCUT2D eigenvalue weighted by molar-refractivity contribution is 9.10. The SMILES string of the molecule is CS(=O)(=O)CCCNCc1ccc(Br)cc1F.